The molecular formula is C33H40N4O11. The van der Waals surface area contributed by atoms with Gasteiger partial charge < -0.3 is 25.2 Å². The van der Waals surface area contributed by atoms with Gasteiger partial charge in [-0.3, -0.25) is 43.4 Å². The second kappa shape index (κ2) is 16.5. The van der Waals surface area contributed by atoms with E-state index >= 15 is 0 Å². The topological polar surface area (TPSA) is 206 Å². The molecular weight excluding hydrogens is 628 g/mol. The first kappa shape index (κ1) is 37.1. The third-order valence-electron chi connectivity index (χ3n) is 7.15. The molecule has 3 N–H and O–H groups in total. The maximum absolute atomic E-state index is 12.9. The number of carbonyl (C=O) groups is 8. The third kappa shape index (κ3) is 11.5. The minimum absolute atomic E-state index is 0.00301. The Morgan fingerprint density at radius 1 is 0.854 bits per heavy atom. The molecule has 1 aromatic rings. The molecule has 3 rings (SSSR count). The van der Waals surface area contributed by atoms with Crippen LogP contribution in [0.1, 0.15) is 65.4 Å². The van der Waals surface area contributed by atoms with Crippen molar-refractivity contribution in [1.82, 2.24) is 15.1 Å². The molecule has 15 heteroatoms. The van der Waals surface area contributed by atoms with E-state index in [0.29, 0.717) is 5.56 Å². The van der Waals surface area contributed by atoms with Gasteiger partial charge in [-0.15, -0.1) is 0 Å². The van der Waals surface area contributed by atoms with Crippen LogP contribution in [-0.4, -0.2) is 87.2 Å². The van der Waals surface area contributed by atoms with Gasteiger partial charge in [-0.1, -0.05) is 13.0 Å². The Morgan fingerprint density at radius 3 is 1.92 bits per heavy atom. The molecule has 48 heavy (non-hydrogen) atoms. The zero-order valence-corrected chi connectivity index (χ0v) is 27.3. The number of anilines is 1. The van der Waals surface area contributed by atoms with Crippen molar-refractivity contribution >= 4 is 53.3 Å². The Morgan fingerprint density at radius 2 is 1.40 bits per heavy atom. The van der Waals surface area contributed by atoms with Crippen LogP contribution in [0, 0.1) is 5.92 Å². The van der Waals surface area contributed by atoms with Gasteiger partial charge in [0.05, 0.1) is 11.6 Å². The summed E-state index contributed by atoms with van der Waals surface area (Å²) in [5, 5.41) is 14.9. The summed E-state index contributed by atoms with van der Waals surface area (Å²) in [6.45, 7) is 6.62. The number of nitrogens with one attached hydrogen (secondary N) is 2. The third-order valence-corrected chi connectivity index (χ3v) is 7.15. The van der Waals surface area contributed by atoms with Crippen molar-refractivity contribution in [2.75, 3.05) is 18.4 Å². The van der Waals surface area contributed by atoms with Crippen molar-refractivity contribution in [3.63, 3.8) is 0 Å². The highest BCUT2D eigenvalue weighted by atomic mass is 16.6. The number of carbonyl (C=O) groups excluding carboxylic acids is 7. The number of rotatable bonds is 16. The Hall–Kier alpha value is -5.34. The highest BCUT2D eigenvalue weighted by Gasteiger charge is 2.26. The van der Waals surface area contributed by atoms with Crippen molar-refractivity contribution in [2.45, 2.75) is 77.9 Å². The largest absolute Gasteiger partial charge is 0.481 e. The van der Waals surface area contributed by atoms with Gasteiger partial charge in [0.2, 0.25) is 5.91 Å². The maximum atomic E-state index is 12.9. The highest BCUT2D eigenvalue weighted by molar-refractivity contribution is 6.13. The number of ether oxygens (including phenoxy) is 2. The predicted molar refractivity (Wildman–Crippen MR) is 169 cm³/mol. The summed E-state index contributed by atoms with van der Waals surface area (Å²) < 4.78 is 10.9. The van der Waals surface area contributed by atoms with E-state index < -0.39 is 65.1 Å². The average molecular weight is 669 g/mol. The molecule has 1 unspecified atom stereocenters. The number of amides is 6. The van der Waals surface area contributed by atoms with E-state index in [1.54, 1.807) is 26.8 Å². The molecule has 0 fully saturated rings. The Balaban J connectivity index is 1.75. The molecule has 0 saturated carbocycles. The summed E-state index contributed by atoms with van der Waals surface area (Å²) in [6, 6.07) is 3.88. The quantitative estimate of drug-likeness (QED) is 0.133. The number of carboxylic acids is 1. The second-order valence-corrected chi connectivity index (χ2v) is 12.4. The van der Waals surface area contributed by atoms with E-state index in [-0.39, 0.29) is 63.1 Å². The van der Waals surface area contributed by atoms with Crippen LogP contribution in [0.3, 0.4) is 0 Å². The van der Waals surface area contributed by atoms with Crippen LogP contribution in [0.15, 0.2) is 42.5 Å². The van der Waals surface area contributed by atoms with E-state index in [9.17, 15) is 43.5 Å². The van der Waals surface area contributed by atoms with Crippen molar-refractivity contribution < 1.29 is 52.9 Å². The molecule has 0 spiro atoms. The van der Waals surface area contributed by atoms with Crippen LogP contribution in [0.25, 0.3) is 0 Å². The molecule has 2 heterocycles. The monoisotopic (exact) mass is 668 g/mol. The van der Waals surface area contributed by atoms with Crippen molar-refractivity contribution in [1.29, 1.82) is 0 Å². The Labute approximate surface area is 277 Å². The second-order valence-electron chi connectivity index (χ2n) is 12.4. The fourth-order valence-electron chi connectivity index (χ4n) is 4.84. The summed E-state index contributed by atoms with van der Waals surface area (Å²) in [5.74, 6) is -4.94. The first-order valence-electron chi connectivity index (χ1n) is 15.4. The van der Waals surface area contributed by atoms with Gasteiger partial charge in [0.1, 0.15) is 5.60 Å². The molecule has 0 bridgehead atoms. The molecule has 0 saturated heterocycles. The van der Waals surface area contributed by atoms with Gasteiger partial charge in [0, 0.05) is 56.3 Å². The number of imide groups is 2. The van der Waals surface area contributed by atoms with Crippen LogP contribution in [0.2, 0.25) is 0 Å². The molecule has 6 amide bonds. The Bertz CT molecular complexity index is 1490. The summed E-state index contributed by atoms with van der Waals surface area (Å²) >= 11 is 0. The molecule has 0 aliphatic carbocycles. The Kier molecular flexibility index (Phi) is 12.7. The molecule has 2 aliphatic heterocycles. The van der Waals surface area contributed by atoms with E-state index in [2.05, 4.69) is 10.6 Å². The number of alkyl carbamates (subject to hydrolysis) is 1. The minimum Gasteiger partial charge on any atom is -0.481 e. The number of aliphatic carboxylic acids is 1. The van der Waals surface area contributed by atoms with E-state index in [1.807, 2.05) is 0 Å². The smallest absolute Gasteiger partial charge is 0.407 e. The van der Waals surface area contributed by atoms with Crippen LogP contribution in [0.4, 0.5) is 10.5 Å². The molecule has 2 atom stereocenters. The lowest BCUT2D eigenvalue weighted by Gasteiger charge is -2.25. The maximum Gasteiger partial charge on any atom is 0.407 e. The van der Waals surface area contributed by atoms with Crippen molar-refractivity contribution in [3.8, 4) is 5.75 Å². The first-order chi connectivity index (χ1) is 22.5. The number of hydrogen-bond donors (Lipinski definition) is 3. The van der Waals surface area contributed by atoms with Crippen LogP contribution in [-0.2, 0) is 44.7 Å². The zero-order chi connectivity index (χ0) is 35.6. The molecule has 1 aromatic carbocycles. The number of esters is 1. The number of nitrogens with zero attached hydrogens (tertiary/aromatic N) is 2. The molecule has 0 aromatic heterocycles. The van der Waals surface area contributed by atoms with Gasteiger partial charge in [0.15, 0.2) is 5.75 Å². The molecule has 258 valence electrons. The van der Waals surface area contributed by atoms with E-state index in [4.69, 9.17) is 9.47 Å². The lowest BCUT2D eigenvalue weighted by Crippen LogP contribution is -2.41. The number of carboxylic acid groups (broad SMARTS) is 1. The minimum atomic E-state index is -1.05. The fourth-order valence-corrected chi connectivity index (χ4v) is 4.84. The fraction of sp³-hybridized carbons (Fsp3) is 0.455. The summed E-state index contributed by atoms with van der Waals surface area (Å²) in [7, 11) is 0. The van der Waals surface area contributed by atoms with Crippen LogP contribution < -0.4 is 15.4 Å². The van der Waals surface area contributed by atoms with E-state index in [0.717, 1.165) is 34.1 Å². The lowest BCUT2D eigenvalue weighted by atomic mass is 9.96. The number of hydrogen-bond acceptors (Lipinski definition) is 10. The van der Waals surface area contributed by atoms with Gasteiger partial charge in [-0.2, -0.15) is 0 Å². The highest BCUT2D eigenvalue weighted by Crippen LogP contribution is 2.28. The van der Waals surface area contributed by atoms with Crippen molar-refractivity contribution in [2.24, 2.45) is 5.92 Å². The lowest BCUT2D eigenvalue weighted by molar-refractivity contribution is -0.142. The average Bonchev–Trinajstić information content (AvgIpc) is 3.47. The number of benzene rings is 1. The van der Waals surface area contributed by atoms with E-state index in [1.165, 1.54) is 19.1 Å². The molecule has 2 aliphatic rings. The summed E-state index contributed by atoms with van der Waals surface area (Å²) in [6.07, 6.45) is 4.12. The SMILES string of the molecule is CC(C[C@H](Cc1ccc(OC(=O)CCCN2C(=O)C=CC2=O)c(NC(=O)CCCN2C(=O)C=CC2=O)c1)NC(=O)OC(C)(C)C)C(=O)O. The summed E-state index contributed by atoms with van der Waals surface area (Å²) in [5.41, 5.74) is -0.128. The van der Waals surface area contributed by atoms with Gasteiger partial charge in [-0.05, 0) is 64.2 Å². The van der Waals surface area contributed by atoms with Crippen molar-refractivity contribution in [3.05, 3.63) is 48.1 Å². The van der Waals surface area contributed by atoms with Crippen LogP contribution in [0.5, 0.6) is 5.75 Å². The normalized spacial score (nSPS) is 15.5. The first-order valence-corrected chi connectivity index (χ1v) is 15.4. The van der Waals surface area contributed by atoms with Crippen LogP contribution >= 0.6 is 0 Å². The zero-order valence-electron chi connectivity index (χ0n) is 27.3. The standard InChI is InChI=1S/C33H40N4O11/c1-20(31(44)45)17-22(34-32(46)48-33(2,3)4)18-21-9-10-24(47-30(43)8-6-16-37-28(41)13-14-29(37)42)23(19-21)35-25(38)7-5-15-36-26(39)11-12-27(36)40/h9-14,19-20,22H,5-8,15-18H2,1-4H3,(H,34,46)(H,35,38)(H,44,45)/t20?,22-/m1/s1. The molecule has 0 radical (unpaired) electrons. The predicted octanol–water partition coefficient (Wildman–Crippen LogP) is 2.49. The van der Waals surface area contributed by atoms with Gasteiger partial charge in [-0.25, -0.2) is 4.79 Å². The summed E-state index contributed by atoms with van der Waals surface area (Å²) in [4.78, 5) is 99.0. The van der Waals surface area contributed by atoms with Gasteiger partial charge >= 0.3 is 18.0 Å². The molecule has 15 nitrogen and oxygen atoms in total. The van der Waals surface area contributed by atoms with Gasteiger partial charge in [0.25, 0.3) is 23.6 Å².